The second kappa shape index (κ2) is 14.4. The number of aryl methyl sites for hydroxylation is 1. The number of rotatable bonds is 3. The molecule has 3 heterocycles. The van der Waals surface area contributed by atoms with Gasteiger partial charge >= 0.3 is 6.85 Å². The van der Waals surface area contributed by atoms with E-state index in [0.29, 0.717) is 0 Å². The lowest BCUT2D eigenvalue weighted by molar-refractivity contribution is 0.332. The summed E-state index contributed by atoms with van der Waals surface area (Å²) in [4.78, 5) is 5.60. The van der Waals surface area contributed by atoms with Gasteiger partial charge in [0.2, 0.25) is 0 Å². The van der Waals surface area contributed by atoms with E-state index in [2.05, 4.69) is 254 Å². The lowest BCUT2D eigenvalue weighted by Gasteiger charge is -2.53. The van der Waals surface area contributed by atoms with Crippen LogP contribution in [0.25, 0.3) is 21.9 Å². The number of anilines is 5. The molecule has 0 unspecified atom stereocenters. The van der Waals surface area contributed by atoms with Crippen molar-refractivity contribution in [3.8, 4) is 11.1 Å². The summed E-state index contributed by atoms with van der Waals surface area (Å²) in [5.41, 5.74) is 21.7. The van der Waals surface area contributed by atoms with E-state index in [-0.39, 0.29) is 28.5 Å². The molecule has 0 radical (unpaired) electrons. The third-order valence-electron chi connectivity index (χ3n) is 18.5. The van der Waals surface area contributed by atoms with Crippen molar-refractivity contribution < 1.29 is 0 Å². The fraction of sp³-hybridized carbons (Fsp3) is 0.224. The molecule has 0 aromatic heterocycles. The largest absolute Gasteiger partial charge is 0.376 e. The molecule has 346 valence electrons. The molecule has 9 aromatic rings. The van der Waals surface area contributed by atoms with E-state index in [4.69, 9.17) is 0 Å². The molecule has 0 fully saturated rings. The number of benzene rings is 9. The fourth-order valence-electron chi connectivity index (χ4n) is 14.8. The normalized spacial score (nSPS) is 18.3. The molecular weight excluding hydrogens is 872 g/mol. The van der Waals surface area contributed by atoms with Gasteiger partial charge in [-0.3, -0.25) is 0 Å². The number of hydrogen-bond acceptors (Lipinski definition) is 2. The van der Waals surface area contributed by atoms with Gasteiger partial charge in [-0.2, -0.15) is 0 Å². The van der Waals surface area contributed by atoms with Crippen molar-refractivity contribution in [1.82, 2.24) is 0 Å². The van der Waals surface area contributed by atoms with Crippen LogP contribution in [-0.4, -0.2) is 14.9 Å². The first kappa shape index (κ1) is 43.0. The van der Waals surface area contributed by atoms with Crippen LogP contribution in [0, 0.1) is 6.92 Å². The van der Waals surface area contributed by atoms with Crippen molar-refractivity contribution in [3.63, 3.8) is 0 Å². The van der Waals surface area contributed by atoms with Gasteiger partial charge in [0.05, 0.1) is 5.69 Å². The molecule has 9 aromatic carbocycles. The molecule has 0 N–H and O–H groups in total. The lowest BCUT2D eigenvalue weighted by Crippen LogP contribution is -2.79. The Bertz CT molecular complexity index is 3710. The number of hydrogen-bond donors (Lipinski definition) is 0. The predicted molar refractivity (Wildman–Crippen MR) is 306 cm³/mol. The minimum atomic E-state index is -2.91. The summed E-state index contributed by atoms with van der Waals surface area (Å²) >= 11 is 0. The van der Waals surface area contributed by atoms with E-state index >= 15 is 0 Å². The van der Waals surface area contributed by atoms with Crippen LogP contribution in [0.2, 0.25) is 0 Å². The Hall–Kier alpha value is -6.88. The molecule has 0 atom stereocenters. The Kier molecular flexibility index (Phi) is 8.70. The number of fused-ring (bicyclic) bond motifs is 11. The van der Waals surface area contributed by atoms with E-state index in [1.165, 1.54) is 127 Å². The topological polar surface area (TPSA) is 6.48 Å². The third kappa shape index (κ3) is 5.50. The average molecular weight is 933 g/mol. The van der Waals surface area contributed by atoms with Gasteiger partial charge in [-0.25, -0.2) is 0 Å². The van der Waals surface area contributed by atoms with E-state index < -0.39 is 8.07 Å². The fourth-order valence-corrected chi connectivity index (χ4v) is 19.9. The molecule has 2 nitrogen and oxygen atoms in total. The highest BCUT2D eigenvalue weighted by Crippen LogP contribution is 2.56. The highest BCUT2D eigenvalue weighted by atomic mass is 28.3. The van der Waals surface area contributed by atoms with Gasteiger partial charge in [0.25, 0.3) is 0 Å². The molecule has 71 heavy (non-hydrogen) atoms. The van der Waals surface area contributed by atoms with Gasteiger partial charge < -0.3 is 9.71 Å². The second-order valence-electron chi connectivity index (χ2n) is 23.9. The molecule has 3 aliphatic heterocycles. The molecule has 0 saturated carbocycles. The molecule has 4 heteroatoms. The molecule has 2 aliphatic carbocycles. The van der Waals surface area contributed by atoms with Crippen LogP contribution in [-0.2, 0) is 21.7 Å². The van der Waals surface area contributed by atoms with Gasteiger partial charge in [-0.15, -0.1) is 0 Å². The molecular formula is C67H61BN2Si. The molecule has 0 bridgehead atoms. The minimum absolute atomic E-state index is 0.0406. The zero-order chi connectivity index (χ0) is 48.6. The first-order valence-corrected chi connectivity index (χ1v) is 28.1. The quantitative estimate of drug-likeness (QED) is 0.163. The van der Waals surface area contributed by atoms with Crippen molar-refractivity contribution in [2.24, 2.45) is 0 Å². The van der Waals surface area contributed by atoms with Crippen LogP contribution in [0.15, 0.2) is 182 Å². The van der Waals surface area contributed by atoms with Crippen LogP contribution in [0.5, 0.6) is 0 Å². The summed E-state index contributed by atoms with van der Waals surface area (Å²) in [5, 5.41) is 8.30. The zero-order valence-electron chi connectivity index (χ0n) is 42.7. The average Bonchev–Trinajstić information content (AvgIpc) is 3.38. The van der Waals surface area contributed by atoms with Gasteiger partial charge in [0.15, 0.2) is 8.07 Å². The van der Waals surface area contributed by atoms with Crippen molar-refractivity contribution in [2.75, 3.05) is 9.71 Å². The highest BCUT2D eigenvalue weighted by molar-refractivity contribution is 7.22. The van der Waals surface area contributed by atoms with E-state index in [1.54, 1.807) is 0 Å². The van der Waals surface area contributed by atoms with Crippen molar-refractivity contribution in [1.29, 1.82) is 0 Å². The molecule has 0 amide bonds. The maximum absolute atomic E-state index is 2.91. The van der Waals surface area contributed by atoms with Crippen LogP contribution in [0.1, 0.15) is 107 Å². The Labute approximate surface area is 422 Å². The summed E-state index contributed by atoms with van der Waals surface area (Å²) in [6.45, 7) is 22.1. The summed E-state index contributed by atoms with van der Waals surface area (Å²) in [6.07, 6.45) is 2.35. The third-order valence-corrected chi connectivity index (χ3v) is 23.3. The van der Waals surface area contributed by atoms with Crippen LogP contribution < -0.4 is 41.4 Å². The van der Waals surface area contributed by atoms with Gasteiger partial charge in [-0.05, 0) is 136 Å². The highest BCUT2D eigenvalue weighted by Gasteiger charge is 2.56. The number of nitrogens with zero attached hydrogens (tertiary/aromatic N) is 2. The monoisotopic (exact) mass is 932 g/mol. The summed E-state index contributed by atoms with van der Waals surface area (Å²) in [7, 11) is -2.91. The smallest absolute Gasteiger partial charge is 0.333 e. The predicted octanol–water partition coefficient (Wildman–Crippen LogP) is 12.9. The Balaban J connectivity index is 1.17. The maximum Gasteiger partial charge on any atom is 0.333 e. The lowest BCUT2D eigenvalue weighted by atomic mass is 9.42. The maximum atomic E-state index is 2.83. The zero-order valence-corrected chi connectivity index (χ0v) is 43.7. The molecule has 0 spiro atoms. The Morgan fingerprint density at radius 1 is 0.437 bits per heavy atom. The minimum Gasteiger partial charge on any atom is -0.376 e. The van der Waals surface area contributed by atoms with Crippen molar-refractivity contribution in [3.05, 3.63) is 221 Å². The summed E-state index contributed by atoms with van der Waals surface area (Å²) < 4.78 is 0. The first-order chi connectivity index (χ1) is 34.2. The van der Waals surface area contributed by atoms with Crippen LogP contribution in [0.4, 0.5) is 28.4 Å². The first-order valence-electron chi connectivity index (χ1n) is 26.1. The Morgan fingerprint density at radius 3 is 1.66 bits per heavy atom. The van der Waals surface area contributed by atoms with Crippen molar-refractivity contribution >= 4 is 85.8 Å². The van der Waals surface area contributed by atoms with E-state index in [9.17, 15) is 0 Å². The second-order valence-corrected chi connectivity index (χ2v) is 27.7. The molecule has 14 rings (SSSR count). The van der Waals surface area contributed by atoms with Gasteiger partial charge in [-0.1, -0.05) is 213 Å². The summed E-state index contributed by atoms with van der Waals surface area (Å²) in [5.74, 6) is 0. The number of para-hydroxylation sites is 2. The molecule has 0 saturated heterocycles. The van der Waals surface area contributed by atoms with Gasteiger partial charge in [0, 0.05) is 44.5 Å². The Morgan fingerprint density at radius 2 is 0.986 bits per heavy atom. The summed E-state index contributed by atoms with van der Waals surface area (Å²) in [6, 6.07) is 71.6. The SMILES string of the molecule is Cc1cc2c(cc1N1c3cc4c(cc3B3c5c(cc6ccccc6c51)-c1cccc5c1N3c1ccccc1[Si]5(c1ccccc1)c1ccccc1)C(C)(C)c1ccccc1C4(C)C)C(C)(C)CCC2(C)C. The standard InChI is InChI=1S/C67H61BN2Si/c1-42-37-51-52(65(4,5)36-35-64(51,2)3)40-57(42)69-58-41-54-53(66(6,7)49-30-18-19-31-50(49)67(54,8)9)39-55(58)68-61-48(38-43-23-16-17-28-46(43)63(61)69)47-29-22-34-60-62(47)70(68)56-32-20-21-33-59(56)71(60,44-24-12-10-13-25-44)45-26-14-11-15-27-45/h10-34,37-41H,35-36H2,1-9H3. The van der Waals surface area contributed by atoms with E-state index in [1.807, 2.05) is 0 Å². The van der Waals surface area contributed by atoms with Gasteiger partial charge in [0.1, 0.15) is 0 Å². The molecule has 5 aliphatic rings. The van der Waals surface area contributed by atoms with Crippen LogP contribution >= 0.6 is 0 Å². The van der Waals surface area contributed by atoms with Crippen LogP contribution in [0.3, 0.4) is 0 Å². The van der Waals surface area contributed by atoms with E-state index in [0.717, 1.165) is 6.42 Å². The van der Waals surface area contributed by atoms with Crippen molar-refractivity contribution in [2.45, 2.75) is 96.8 Å².